The van der Waals surface area contributed by atoms with Crippen LogP contribution in [0.15, 0.2) is 41.0 Å². The van der Waals surface area contributed by atoms with E-state index in [1.807, 2.05) is 0 Å². The monoisotopic (exact) mass is 176 g/mol. The molecule has 2 rings (SSSR count). The number of furan rings is 1. The first-order valence-corrected chi connectivity index (χ1v) is 3.84. The summed E-state index contributed by atoms with van der Waals surface area (Å²) in [6.07, 6.45) is 1.49. The minimum atomic E-state index is 0.00921. The standard InChI is InChI=1S/C10H8O3/c11-7-3-1-4-8(12)10(7)9-5-2-6-13-9/h1-6,11-12H. The second kappa shape index (κ2) is 2.86. The normalized spacial score (nSPS) is 10.2. The van der Waals surface area contributed by atoms with Gasteiger partial charge < -0.3 is 14.6 Å². The molecule has 3 nitrogen and oxygen atoms in total. The number of hydrogen-bond acceptors (Lipinski definition) is 3. The molecule has 0 radical (unpaired) electrons. The summed E-state index contributed by atoms with van der Waals surface area (Å²) in [4.78, 5) is 0. The number of phenolic OH excluding ortho intramolecular Hbond substituents is 2. The highest BCUT2D eigenvalue weighted by Crippen LogP contribution is 2.36. The summed E-state index contributed by atoms with van der Waals surface area (Å²) >= 11 is 0. The van der Waals surface area contributed by atoms with Gasteiger partial charge in [-0.1, -0.05) is 6.07 Å². The van der Waals surface area contributed by atoms with Crippen LogP contribution in [-0.4, -0.2) is 10.2 Å². The molecule has 66 valence electrons. The molecular formula is C10H8O3. The third-order valence-corrected chi connectivity index (χ3v) is 1.79. The van der Waals surface area contributed by atoms with Crippen LogP contribution in [0.3, 0.4) is 0 Å². The van der Waals surface area contributed by atoms with Gasteiger partial charge in [0.2, 0.25) is 0 Å². The lowest BCUT2D eigenvalue weighted by Gasteiger charge is -2.02. The van der Waals surface area contributed by atoms with Gasteiger partial charge >= 0.3 is 0 Å². The second-order valence-electron chi connectivity index (χ2n) is 2.65. The van der Waals surface area contributed by atoms with Crippen molar-refractivity contribution in [3.05, 3.63) is 36.6 Å². The van der Waals surface area contributed by atoms with Gasteiger partial charge in [-0.2, -0.15) is 0 Å². The molecule has 2 N–H and O–H groups in total. The third-order valence-electron chi connectivity index (χ3n) is 1.79. The Morgan fingerprint density at radius 3 is 2.15 bits per heavy atom. The molecule has 0 spiro atoms. The minimum absolute atomic E-state index is 0.00921. The first-order valence-electron chi connectivity index (χ1n) is 3.84. The molecule has 0 aliphatic carbocycles. The fourth-order valence-electron chi connectivity index (χ4n) is 1.20. The molecule has 1 aromatic carbocycles. The molecule has 0 bridgehead atoms. The third kappa shape index (κ3) is 1.24. The van der Waals surface area contributed by atoms with Gasteiger partial charge in [0.25, 0.3) is 0 Å². The van der Waals surface area contributed by atoms with Crippen LogP contribution in [0.2, 0.25) is 0 Å². The first-order chi connectivity index (χ1) is 6.29. The van der Waals surface area contributed by atoms with E-state index in [-0.39, 0.29) is 11.5 Å². The molecule has 0 atom stereocenters. The topological polar surface area (TPSA) is 53.6 Å². The molecule has 0 aliphatic rings. The summed E-state index contributed by atoms with van der Waals surface area (Å²) in [5.41, 5.74) is 0.326. The maximum atomic E-state index is 9.44. The van der Waals surface area contributed by atoms with E-state index < -0.39 is 0 Å². The van der Waals surface area contributed by atoms with Crippen molar-refractivity contribution in [1.29, 1.82) is 0 Å². The zero-order valence-electron chi connectivity index (χ0n) is 6.77. The Morgan fingerprint density at radius 2 is 1.62 bits per heavy atom. The quantitative estimate of drug-likeness (QED) is 0.701. The fourth-order valence-corrected chi connectivity index (χ4v) is 1.20. The molecule has 0 amide bonds. The molecule has 0 aliphatic heterocycles. The molecule has 3 heteroatoms. The molecule has 0 unspecified atom stereocenters. The van der Waals surface area contributed by atoms with Crippen LogP contribution in [0.1, 0.15) is 0 Å². The molecule has 1 heterocycles. The van der Waals surface area contributed by atoms with E-state index in [2.05, 4.69) is 0 Å². The van der Waals surface area contributed by atoms with Gasteiger partial charge in [0.1, 0.15) is 22.8 Å². The Kier molecular flexibility index (Phi) is 1.70. The predicted octanol–water partition coefficient (Wildman–Crippen LogP) is 2.36. The summed E-state index contributed by atoms with van der Waals surface area (Å²) in [6, 6.07) is 7.93. The smallest absolute Gasteiger partial charge is 0.141 e. The molecule has 2 aromatic rings. The molecule has 13 heavy (non-hydrogen) atoms. The maximum absolute atomic E-state index is 9.44. The van der Waals surface area contributed by atoms with E-state index in [4.69, 9.17) is 4.42 Å². The highest BCUT2D eigenvalue weighted by atomic mass is 16.3. The Bertz CT molecular complexity index is 384. The van der Waals surface area contributed by atoms with E-state index >= 15 is 0 Å². The highest BCUT2D eigenvalue weighted by Gasteiger charge is 2.11. The van der Waals surface area contributed by atoms with E-state index in [0.717, 1.165) is 0 Å². The molecule has 1 aromatic heterocycles. The molecule has 0 saturated heterocycles. The van der Waals surface area contributed by atoms with Crippen molar-refractivity contribution < 1.29 is 14.6 Å². The van der Waals surface area contributed by atoms with E-state index in [0.29, 0.717) is 11.3 Å². The van der Waals surface area contributed by atoms with Crippen molar-refractivity contribution in [2.75, 3.05) is 0 Å². The SMILES string of the molecule is Oc1cccc(O)c1-c1ccco1. The lowest BCUT2D eigenvalue weighted by Crippen LogP contribution is -1.76. The summed E-state index contributed by atoms with van der Waals surface area (Å²) in [5, 5.41) is 18.9. The van der Waals surface area contributed by atoms with Crippen LogP contribution in [0.25, 0.3) is 11.3 Å². The summed E-state index contributed by atoms with van der Waals surface area (Å²) in [7, 11) is 0. The van der Waals surface area contributed by atoms with E-state index in [9.17, 15) is 10.2 Å². The van der Waals surface area contributed by atoms with Gasteiger partial charge in [-0.05, 0) is 24.3 Å². The van der Waals surface area contributed by atoms with Gasteiger partial charge in [-0.3, -0.25) is 0 Å². The second-order valence-corrected chi connectivity index (χ2v) is 2.65. The Hall–Kier alpha value is -1.90. The molecular weight excluding hydrogens is 168 g/mol. The van der Waals surface area contributed by atoms with Crippen LogP contribution in [-0.2, 0) is 0 Å². The van der Waals surface area contributed by atoms with Crippen molar-refractivity contribution >= 4 is 0 Å². The van der Waals surface area contributed by atoms with Gasteiger partial charge in [0, 0.05) is 0 Å². The van der Waals surface area contributed by atoms with E-state index in [1.165, 1.54) is 18.4 Å². The molecule has 0 fully saturated rings. The van der Waals surface area contributed by atoms with Crippen molar-refractivity contribution in [2.24, 2.45) is 0 Å². The van der Waals surface area contributed by atoms with Crippen molar-refractivity contribution in [3.63, 3.8) is 0 Å². The lowest BCUT2D eigenvalue weighted by molar-refractivity contribution is 0.449. The maximum Gasteiger partial charge on any atom is 0.141 e. The zero-order valence-corrected chi connectivity index (χ0v) is 6.77. The van der Waals surface area contributed by atoms with Crippen LogP contribution in [0.5, 0.6) is 11.5 Å². The summed E-state index contributed by atoms with van der Waals surface area (Å²) < 4.78 is 5.06. The average molecular weight is 176 g/mol. The number of rotatable bonds is 1. The van der Waals surface area contributed by atoms with E-state index in [1.54, 1.807) is 18.2 Å². The first kappa shape index (κ1) is 7.73. The molecule has 0 saturated carbocycles. The Labute approximate surface area is 74.9 Å². The van der Waals surface area contributed by atoms with Crippen LogP contribution < -0.4 is 0 Å². The summed E-state index contributed by atoms with van der Waals surface area (Å²) in [6.45, 7) is 0. The fraction of sp³-hybridized carbons (Fsp3) is 0. The van der Waals surface area contributed by atoms with Crippen molar-refractivity contribution in [3.8, 4) is 22.8 Å². The zero-order chi connectivity index (χ0) is 9.26. The van der Waals surface area contributed by atoms with Gasteiger partial charge in [-0.15, -0.1) is 0 Å². The van der Waals surface area contributed by atoms with Crippen LogP contribution >= 0.6 is 0 Å². The van der Waals surface area contributed by atoms with Gasteiger partial charge in [0.05, 0.1) is 6.26 Å². The number of hydrogen-bond donors (Lipinski definition) is 2. The number of aromatic hydroxyl groups is 2. The highest BCUT2D eigenvalue weighted by molar-refractivity contribution is 5.72. The van der Waals surface area contributed by atoms with Crippen LogP contribution in [0, 0.1) is 0 Å². The van der Waals surface area contributed by atoms with Crippen LogP contribution in [0.4, 0.5) is 0 Å². The largest absolute Gasteiger partial charge is 0.507 e. The van der Waals surface area contributed by atoms with Crippen molar-refractivity contribution in [2.45, 2.75) is 0 Å². The average Bonchev–Trinajstić information content (AvgIpc) is 2.57. The number of benzene rings is 1. The van der Waals surface area contributed by atoms with Crippen molar-refractivity contribution in [1.82, 2.24) is 0 Å². The number of phenols is 2. The summed E-state index contributed by atoms with van der Waals surface area (Å²) in [5.74, 6) is 0.473. The lowest BCUT2D eigenvalue weighted by atomic mass is 10.1. The van der Waals surface area contributed by atoms with Gasteiger partial charge in [-0.25, -0.2) is 0 Å². The Morgan fingerprint density at radius 1 is 0.923 bits per heavy atom. The van der Waals surface area contributed by atoms with Gasteiger partial charge in [0.15, 0.2) is 0 Å². The Balaban J connectivity index is 2.64. The minimum Gasteiger partial charge on any atom is -0.507 e. The predicted molar refractivity (Wildman–Crippen MR) is 47.5 cm³/mol.